The summed E-state index contributed by atoms with van der Waals surface area (Å²) in [6.07, 6.45) is 0. The van der Waals surface area contributed by atoms with E-state index in [9.17, 15) is 0 Å². The molecule has 2 heteroatoms. The van der Waals surface area contributed by atoms with Crippen LogP contribution in [0.25, 0.3) is 77.2 Å². The zero-order valence-electron chi connectivity index (χ0n) is 35.1. The van der Waals surface area contributed by atoms with Gasteiger partial charge in [-0.15, -0.1) is 0 Å². The molecule has 11 aromatic carbocycles. The topological polar surface area (TPSA) is 6.48 Å². The molecule has 0 aromatic heterocycles. The first-order valence-corrected chi connectivity index (χ1v) is 22.0. The van der Waals surface area contributed by atoms with Gasteiger partial charge in [-0.1, -0.05) is 200 Å². The van der Waals surface area contributed by atoms with Gasteiger partial charge in [-0.2, -0.15) is 0 Å². The number of hydrogen-bond acceptors (Lipinski definition) is 2. The van der Waals surface area contributed by atoms with Crippen molar-refractivity contribution in [1.82, 2.24) is 0 Å². The van der Waals surface area contributed by atoms with Gasteiger partial charge in [0.05, 0.1) is 17.1 Å². The van der Waals surface area contributed by atoms with Crippen LogP contribution in [0.4, 0.5) is 34.1 Å². The van der Waals surface area contributed by atoms with E-state index in [-0.39, 0.29) is 0 Å². The van der Waals surface area contributed by atoms with E-state index in [4.69, 9.17) is 0 Å². The molecule has 0 radical (unpaired) electrons. The second kappa shape index (κ2) is 15.8. The Morgan fingerprint density at radius 3 is 1.20 bits per heavy atom. The maximum Gasteiger partial charge on any atom is 0.0618 e. The molecule has 0 aliphatic carbocycles. The van der Waals surface area contributed by atoms with Gasteiger partial charge in [-0.05, 0) is 110 Å². The van der Waals surface area contributed by atoms with Crippen molar-refractivity contribution in [3.05, 3.63) is 255 Å². The predicted molar refractivity (Wildman–Crippen MR) is 272 cm³/mol. The highest BCUT2D eigenvalue weighted by molar-refractivity contribution is 6.23. The number of nitrogens with zero attached hydrogens (tertiary/aromatic N) is 2. The van der Waals surface area contributed by atoms with Crippen molar-refractivity contribution in [1.29, 1.82) is 0 Å². The van der Waals surface area contributed by atoms with Crippen molar-refractivity contribution in [3.8, 4) is 55.6 Å². The summed E-state index contributed by atoms with van der Waals surface area (Å²) in [6, 6.07) is 92.8. The number of hydrogen-bond donors (Lipinski definition) is 0. The summed E-state index contributed by atoms with van der Waals surface area (Å²) in [4.78, 5) is 4.89. The molecular formula is C62H42N2. The molecule has 1 aliphatic rings. The minimum absolute atomic E-state index is 1.09. The third-order valence-electron chi connectivity index (χ3n) is 12.8. The molecule has 0 N–H and O–H groups in total. The van der Waals surface area contributed by atoms with Gasteiger partial charge in [-0.3, -0.25) is 0 Å². The van der Waals surface area contributed by atoms with Crippen LogP contribution in [-0.4, -0.2) is 0 Å². The van der Waals surface area contributed by atoms with Crippen LogP contribution < -0.4 is 9.80 Å². The van der Waals surface area contributed by atoms with Crippen LogP contribution in [0.15, 0.2) is 255 Å². The minimum atomic E-state index is 1.09. The third-order valence-corrected chi connectivity index (χ3v) is 12.8. The van der Waals surface area contributed by atoms with E-state index >= 15 is 0 Å². The Hall–Kier alpha value is -8.46. The van der Waals surface area contributed by atoms with Gasteiger partial charge in [0, 0.05) is 39.0 Å². The molecule has 0 amide bonds. The van der Waals surface area contributed by atoms with Crippen molar-refractivity contribution < 1.29 is 0 Å². The van der Waals surface area contributed by atoms with Crippen molar-refractivity contribution >= 4 is 55.7 Å². The van der Waals surface area contributed by atoms with E-state index in [1.165, 1.54) is 82.9 Å². The lowest BCUT2D eigenvalue weighted by Gasteiger charge is -2.30. The first-order valence-electron chi connectivity index (χ1n) is 22.0. The molecule has 0 unspecified atom stereocenters. The molecule has 1 aliphatic heterocycles. The van der Waals surface area contributed by atoms with Crippen LogP contribution in [0.1, 0.15) is 0 Å². The number of benzene rings is 11. The molecule has 300 valence electrons. The van der Waals surface area contributed by atoms with Crippen LogP contribution in [0.5, 0.6) is 0 Å². The molecule has 0 saturated carbocycles. The van der Waals surface area contributed by atoms with Crippen LogP contribution in [-0.2, 0) is 0 Å². The lowest BCUT2D eigenvalue weighted by Crippen LogP contribution is -2.12. The molecule has 0 spiro atoms. The third kappa shape index (κ3) is 6.35. The number of para-hydroxylation sites is 2. The Kier molecular flexibility index (Phi) is 9.20. The highest BCUT2D eigenvalue weighted by Gasteiger charge is 2.28. The van der Waals surface area contributed by atoms with E-state index in [0.29, 0.717) is 0 Å². The average Bonchev–Trinajstić information content (AvgIpc) is 3.50. The zero-order valence-corrected chi connectivity index (χ0v) is 35.1. The number of fused-ring (bicyclic) bond motifs is 7. The molecule has 2 nitrogen and oxygen atoms in total. The summed E-state index contributed by atoms with van der Waals surface area (Å²) in [5, 5.41) is 4.77. The van der Waals surface area contributed by atoms with Crippen molar-refractivity contribution in [3.63, 3.8) is 0 Å². The van der Waals surface area contributed by atoms with Crippen molar-refractivity contribution in [2.75, 3.05) is 9.80 Å². The molecule has 1 heterocycles. The maximum absolute atomic E-state index is 2.46. The molecule has 0 saturated heterocycles. The number of anilines is 6. The van der Waals surface area contributed by atoms with Gasteiger partial charge >= 0.3 is 0 Å². The maximum atomic E-state index is 2.46. The lowest BCUT2D eigenvalue weighted by atomic mass is 9.87. The van der Waals surface area contributed by atoms with E-state index in [0.717, 1.165) is 28.4 Å². The fourth-order valence-corrected chi connectivity index (χ4v) is 9.87. The van der Waals surface area contributed by atoms with Gasteiger partial charge in [0.15, 0.2) is 0 Å². The van der Waals surface area contributed by atoms with Gasteiger partial charge in [-0.25, -0.2) is 0 Å². The molecule has 12 rings (SSSR count). The second-order valence-electron chi connectivity index (χ2n) is 16.4. The quantitative estimate of drug-likeness (QED) is 0.148. The fourth-order valence-electron chi connectivity index (χ4n) is 9.87. The summed E-state index contributed by atoms with van der Waals surface area (Å²) >= 11 is 0. The standard InChI is InChI=1S/C62H42N2/c1-4-18-43(19-5-1)45-32-37-49(38-33-45)63(50-39-34-46(35-40-50)44-20-6-2-7-21-44)62-56-29-14-12-27-54(56)61(55-28-13-15-30-57(55)62)47-36-41-60-58(42-47)52-25-11-10-24-51(52)53-26-16-17-31-59(53)64(60)48-22-8-3-9-23-48/h1-42H. The Morgan fingerprint density at radius 1 is 0.266 bits per heavy atom. The largest absolute Gasteiger partial charge is 0.309 e. The van der Waals surface area contributed by atoms with Gasteiger partial charge < -0.3 is 9.80 Å². The van der Waals surface area contributed by atoms with Crippen LogP contribution >= 0.6 is 0 Å². The number of rotatable bonds is 7. The fraction of sp³-hybridized carbons (Fsp3) is 0. The SMILES string of the molecule is c1ccc(-c2ccc(N(c3ccc(-c4ccccc4)cc3)c3c4ccccc4c(-c4ccc5c(c4)-c4ccccc4-c4ccccc4N5c4ccccc4)c4ccccc34)cc2)cc1. The Balaban J connectivity index is 1.09. The molecular weight excluding hydrogens is 773 g/mol. The van der Waals surface area contributed by atoms with Crippen molar-refractivity contribution in [2.45, 2.75) is 0 Å². The zero-order chi connectivity index (χ0) is 42.4. The summed E-state index contributed by atoms with van der Waals surface area (Å²) in [5.74, 6) is 0. The minimum Gasteiger partial charge on any atom is -0.309 e. The van der Waals surface area contributed by atoms with E-state index < -0.39 is 0 Å². The smallest absolute Gasteiger partial charge is 0.0618 e. The monoisotopic (exact) mass is 814 g/mol. The molecule has 0 fully saturated rings. The van der Waals surface area contributed by atoms with E-state index in [1.54, 1.807) is 0 Å². The predicted octanol–water partition coefficient (Wildman–Crippen LogP) is 17.6. The Labute approximate surface area is 374 Å². The first-order chi connectivity index (χ1) is 31.8. The van der Waals surface area contributed by atoms with E-state index in [2.05, 4.69) is 265 Å². The van der Waals surface area contributed by atoms with Gasteiger partial charge in [0.1, 0.15) is 0 Å². The van der Waals surface area contributed by atoms with Crippen LogP contribution in [0, 0.1) is 0 Å². The Bertz CT molecular complexity index is 3330. The van der Waals surface area contributed by atoms with Crippen LogP contribution in [0.3, 0.4) is 0 Å². The summed E-state index contributed by atoms with van der Waals surface area (Å²) in [7, 11) is 0. The first kappa shape index (κ1) is 37.3. The molecule has 0 atom stereocenters. The highest BCUT2D eigenvalue weighted by atomic mass is 15.2. The van der Waals surface area contributed by atoms with Gasteiger partial charge in [0.2, 0.25) is 0 Å². The summed E-state index contributed by atoms with van der Waals surface area (Å²) < 4.78 is 0. The normalized spacial score (nSPS) is 11.7. The molecule has 11 aromatic rings. The van der Waals surface area contributed by atoms with E-state index in [1.807, 2.05) is 0 Å². The second-order valence-corrected chi connectivity index (χ2v) is 16.4. The molecule has 64 heavy (non-hydrogen) atoms. The van der Waals surface area contributed by atoms with Gasteiger partial charge in [0.25, 0.3) is 0 Å². The highest BCUT2D eigenvalue weighted by Crippen LogP contribution is 2.53. The lowest BCUT2D eigenvalue weighted by molar-refractivity contribution is 1.29. The average molecular weight is 815 g/mol. The van der Waals surface area contributed by atoms with Crippen LogP contribution in [0.2, 0.25) is 0 Å². The summed E-state index contributed by atoms with van der Waals surface area (Å²) in [5.41, 5.74) is 18.8. The molecule has 0 bridgehead atoms. The summed E-state index contributed by atoms with van der Waals surface area (Å²) in [6.45, 7) is 0. The van der Waals surface area contributed by atoms with Crippen molar-refractivity contribution in [2.24, 2.45) is 0 Å². The Morgan fingerprint density at radius 2 is 0.656 bits per heavy atom.